The van der Waals surface area contributed by atoms with Gasteiger partial charge in [-0.05, 0) is 6.07 Å². The zero-order valence-electron chi connectivity index (χ0n) is 13.5. The molecule has 0 atom stereocenters. The van der Waals surface area contributed by atoms with Gasteiger partial charge in [0.2, 0.25) is 5.95 Å². The summed E-state index contributed by atoms with van der Waals surface area (Å²) >= 11 is 0. The van der Waals surface area contributed by atoms with E-state index in [1.807, 2.05) is 0 Å². The van der Waals surface area contributed by atoms with Gasteiger partial charge in [0.15, 0.2) is 0 Å². The molecule has 0 bridgehead atoms. The summed E-state index contributed by atoms with van der Waals surface area (Å²) < 4.78 is 1.64. The van der Waals surface area contributed by atoms with Gasteiger partial charge in [-0.15, -0.1) is 0 Å². The average molecular weight is 339 g/mol. The Kier molecular flexibility index (Phi) is 4.46. The van der Waals surface area contributed by atoms with Gasteiger partial charge in [0, 0.05) is 31.5 Å². The van der Waals surface area contributed by atoms with Crippen molar-refractivity contribution in [2.75, 3.05) is 10.6 Å². The number of carbonyl (C=O) groups is 1. The van der Waals surface area contributed by atoms with E-state index in [2.05, 4.69) is 25.7 Å². The number of aromatic hydroxyl groups is 1. The van der Waals surface area contributed by atoms with Crippen LogP contribution in [0.5, 0.6) is 5.75 Å². The van der Waals surface area contributed by atoms with Crippen LogP contribution in [0.15, 0.2) is 42.9 Å². The maximum atomic E-state index is 11.6. The fraction of sp³-hybridized carbons (Fsp3) is 0.125. The van der Waals surface area contributed by atoms with Gasteiger partial charge in [-0.2, -0.15) is 10.1 Å². The van der Waals surface area contributed by atoms with Crippen LogP contribution in [0.25, 0.3) is 0 Å². The number of anilines is 3. The zero-order chi connectivity index (χ0) is 17.8. The number of nitrogens with zero attached hydrogens (tertiary/aromatic N) is 4. The lowest BCUT2D eigenvalue weighted by molar-refractivity contribution is 0.100. The first-order valence-corrected chi connectivity index (χ1v) is 7.46. The van der Waals surface area contributed by atoms with Gasteiger partial charge in [0.1, 0.15) is 11.6 Å². The summed E-state index contributed by atoms with van der Waals surface area (Å²) in [5.74, 6) is 0.0704. The third-order valence-electron chi connectivity index (χ3n) is 3.45. The van der Waals surface area contributed by atoms with Crippen molar-refractivity contribution in [2.45, 2.75) is 6.54 Å². The van der Waals surface area contributed by atoms with Gasteiger partial charge < -0.3 is 21.5 Å². The molecule has 0 saturated heterocycles. The number of phenolic OH excluding ortho intramolecular Hbond substituents is 1. The van der Waals surface area contributed by atoms with E-state index in [9.17, 15) is 9.90 Å². The molecule has 0 spiro atoms. The summed E-state index contributed by atoms with van der Waals surface area (Å²) in [4.78, 5) is 20.0. The second-order valence-corrected chi connectivity index (χ2v) is 5.33. The highest BCUT2D eigenvalue weighted by Gasteiger charge is 2.13. The standard InChI is InChI=1S/C16H17N7O2/c1-23-9-11(7-20-23)21-16-19-8-12(14(17)25)15(22-16)18-6-10-4-2-3-5-13(10)24/h2-5,7-9,24H,6H2,1H3,(H2,17,25)(H2,18,19,21,22). The Balaban J connectivity index is 1.83. The molecular formula is C16H17N7O2. The molecule has 1 aromatic carbocycles. The topological polar surface area (TPSA) is 131 Å². The fourth-order valence-corrected chi connectivity index (χ4v) is 2.21. The van der Waals surface area contributed by atoms with Gasteiger partial charge in [-0.25, -0.2) is 4.98 Å². The number of benzene rings is 1. The lowest BCUT2D eigenvalue weighted by atomic mass is 10.2. The predicted molar refractivity (Wildman–Crippen MR) is 92.5 cm³/mol. The van der Waals surface area contributed by atoms with E-state index in [0.29, 0.717) is 11.3 Å². The molecule has 9 nitrogen and oxygen atoms in total. The molecule has 25 heavy (non-hydrogen) atoms. The van der Waals surface area contributed by atoms with Crippen LogP contribution in [0.2, 0.25) is 0 Å². The van der Waals surface area contributed by atoms with E-state index in [1.54, 1.807) is 48.4 Å². The number of phenols is 1. The van der Waals surface area contributed by atoms with Crippen LogP contribution in [0.3, 0.4) is 0 Å². The quantitative estimate of drug-likeness (QED) is 0.533. The van der Waals surface area contributed by atoms with E-state index in [1.165, 1.54) is 6.20 Å². The van der Waals surface area contributed by atoms with E-state index < -0.39 is 5.91 Å². The van der Waals surface area contributed by atoms with Crippen molar-refractivity contribution in [2.24, 2.45) is 12.8 Å². The smallest absolute Gasteiger partial charge is 0.254 e. The average Bonchev–Trinajstić information content (AvgIpc) is 2.99. The number of hydrogen-bond donors (Lipinski definition) is 4. The highest BCUT2D eigenvalue weighted by molar-refractivity contribution is 5.97. The molecule has 0 aliphatic carbocycles. The maximum absolute atomic E-state index is 11.6. The monoisotopic (exact) mass is 339 g/mol. The molecule has 0 saturated carbocycles. The molecule has 0 fully saturated rings. The molecule has 2 aromatic heterocycles. The minimum Gasteiger partial charge on any atom is -0.508 e. The van der Waals surface area contributed by atoms with Crippen molar-refractivity contribution < 1.29 is 9.90 Å². The Bertz CT molecular complexity index is 907. The van der Waals surface area contributed by atoms with E-state index in [0.717, 1.165) is 0 Å². The Labute approximate surface area is 143 Å². The zero-order valence-corrected chi connectivity index (χ0v) is 13.5. The molecule has 0 aliphatic heterocycles. The number of nitrogens with one attached hydrogen (secondary N) is 2. The minimum atomic E-state index is -0.646. The third-order valence-corrected chi connectivity index (χ3v) is 3.45. The van der Waals surface area contributed by atoms with Gasteiger partial charge in [0.25, 0.3) is 5.91 Å². The van der Waals surface area contributed by atoms with Crippen LogP contribution < -0.4 is 16.4 Å². The highest BCUT2D eigenvalue weighted by atomic mass is 16.3. The fourth-order valence-electron chi connectivity index (χ4n) is 2.21. The Morgan fingerprint density at radius 2 is 2.12 bits per heavy atom. The molecule has 9 heteroatoms. The molecule has 2 heterocycles. The van der Waals surface area contributed by atoms with Crippen LogP contribution >= 0.6 is 0 Å². The molecule has 0 radical (unpaired) electrons. The molecule has 0 unspecified atom stereocenters. The van der Waals surface area contributed by atoms with Crippen molar-refractivity contribution in [3.05, 3.63) is 54.0 Å². The number of para-hydroxylation sites is 1. The molecule has 1 amide bonds. The van der Waals surface area contributed by atoms with Crippen LogP contribution in [-0.4, -0.2) is 30.8 Å². The third kappa shape index (κ3) is 3.83. The first kappa shape index (κ1) is 16.2. The largest absolute Gasteiger partial charge is 0.508 e. The van der Waals surface area contributed by atoms with Crippen molar-refractivity contribution >= 4 is 23.4 Å². The number of nitrogens with two attached hydrogens (primary N) is 1. The number of rotatable bonds is 6. The van der Waals surface area contributed by atoms with Crippen molar-refractivity contribution in [1.29, 1.82) is 0 Å². The normalized spacial score (nSPS) is 10.4. The predicted octanol–water partition coefficient (Wildman–Crippen LogP) is 1.37. The van der Waals surface area contributed by atoms with E-state index in [4.69, 9.17) is 5.73 Å². The summed E-state index contributed by atoms with van der Waals surface area (Å²) in [6.07, 6.45) is 4.74. The van der Waals surface area contributed by atoms with E-state index in [-0.39, 0.29) is 29.6 Å². The number of amides is 1. The summed E-state index contributed by atoms with van der Waals surface area (Å²) in [5, 5.41) is 19.9. The Morgan fingerprint density at radius 1 is 1.32 bits per heavy atom. The van der Waals surface area contributed by atoms with Crippen molar-refractivity contribution in [1.82, 2.24) is 19.7 Å². The summed E-state index contributed by atoms with van der Waals surface area (Å²) in [7, 11) is 1.79. The van der Waals surface area contributed by atoms with Gasteiger partial charge in [-0.3, -0.25) is 9.48 Å². The molecule has 3 aromatic rings. The second kappa shape index (κ2) is 6.87. The molecular weight excluding hydrogens is 322 g/mol. The molecule has 128 valence electrons. The number of primary amides is 1. The minimum absolute atomic E-state index is 0.151. The first-order valence-electron chi connectivity index (χ1n) is 7.46. The second-order valence-electron chi connectivity index (χ2n) is 5.33. The number of hydrogen-bond acceptors (Lipinski definition) is 7. The summed E-state index contributed by atoms with van der Waals surface area (Å²) in [5.41, 5.74) is 6.91. The number of aromatic nitrogens is 4. The number of aryl methyl sites for hydroxylation is 1. The first-order chi connectivity index (χ1) is 12.0. The summed E-state index contributed by atoms with van der Waals surface area (Å²) in [6, 6.07) is 6.89. The van der Waals surface area contributed by atoms with Gasteiger partial charge >= 0.3 is 0 Å². The van der Waals surface area contributed by atoms with Crippen molar-refractivity contribution in [3.63, 3.8) is 0 Å². The molecule has 0 aliphatic rings. The van der Waals surface area contributed by atoms with Crippen molar-refractivity contribution in [3.8, 4) is 5.75 Å². The van der Waals surface area contributed by atoms with Crippen LogP contribution in [-0.2, 0) is 13.6 Å². The molecule has 5 N–H and O–H groups in total. The van der Waals surface area contributed by atoms with Gasteiger partial charge in [0.05, 0.1) is 17.4 Å². The van der Waals surface area contributed by atoms with Crippen LogP contribution in [0.1, 0.15) is 15.9 Å². The Morgan fingerprint density at radius 3 is 2.80 bits per heavy atom. The van der Waals surface area contributed by atoms with Gasteiger partial charge in [-0.1, -0.05) is 18.2 Å². The highest BCUT2D eigenvalue weighted by Crippen LogP contribution is 2.20. The lowest BCUT2D eigenvalue weighted by Crippen LogP contribution is -2.17. The Hall–Kier alpha value is -3.62. The maximum Gasteiger partial charge on any atom is 0.254 e. The summed E-state index contributed by atoms with van der Waals surface area (Å²) in [6.45, 7) is 0.274. The number of carbonyl (C=O) groups excluding carboxylic acids is 1. The molecule has 3 rings (SSSR count). The SMILES string of the molecule is Cn1cc(Nc2ncc(C(N)=O)c(NCc3ccccc3O)n2)cn1. The van der Waals surface area contributed by atoms with Crippen LogP contribution in [0.4, 0.5) is 17.5 Å². The van der Waals surface area contributed by atoms with E-state index >= 15 is 0 Å². The lowest BCUT2D eigenvalue weighted by Gasteiger charge is -2.11. The van der Waals surface area contributed by atoms with Crippen LogP contribution in [0, 0.1) is 0 Å².